The van der Waals surface area contributed by atoms with Crippen molar-refractivity contribution in [3.05, 3.63) is 36.7 Å². The van der Waals surface area contributed by atoms with Crippen molar-refractivity contribution in [3.8, 4) is 39.9 Å². The van der Waals surface area contributed by atoms with Crippen LogP contribution in [0.15, 0.2) is 36.7 Å². The van der Waals surface area contributed by atoms with E-state index >= 15 is 0 Å². The lowest BCUT2D eigenvalue weighted by Gasteiger charge is -2.55. The zero-order chi connectivity index (χ0) is 24.2. The minimum Gasteiger partial charge on any atom is -0.507 e. The van der Waals surface area contributed by atoms with E-state index in [0.29, 0.717) is 29.1 Å². The van der Waals surface area contributed by atoms with Crippen molar-refractivity contribution in [2.75, 3.05) is 18.7 Å². The highest BCUT2D eigenvalue weighted by Gasteiger charge is 2.46. The molecule has 3 atom stereocenters. The number of rotatable bonds is 4. The molecule has 0 aliphatic carbocycles. The van der Waals surface area contributed by atoms with Gasteiger partial charge in [-0.05, 0) is 69.7 Å². The molecule has 0 saturated carbocycles. The SMILES string of the molecule is CN(c1cnc(-c2ccc(-c3cnc4c(c3)OCO4)cc2O)nn1)C1C[C@]2(C)CCC[C@](C)(C1)N2. The minimum absolute atomic E-state index is 0.0788. The summed E-state index contributed by atoms with van der Waals surface area (Å²) in [6, 6.07) is 7.59. The van der Waals surface area contributed by atoms with Crippen molar-refractivity contribution in [2.45, 2.75) is 63.1 Å². The maximum atomic E-state index is 10.7. The van der Waals surface area contributed by atoms with E-state index in [-0.39, 0.29) is 23.6 Å². The predicted molar refractivity (Wildman–Crippen MR) is 132 cm³/mol. The Bertz CT molecular complexity index is 1250. The van der Waals surface area contributed by atoms with Crippen LogP contribution < -0.4 is 19.7 Å². The molecule has 0 amide bonds. The van der Waals surface area contributed by atoms with Crippen LogP contribution in [0.4, 0.5) is 5.82 Å². The van der Waals surface area contributed by atoms with Crippen LogP contribution in [0, 0.1) is 0 Å². The van der Waals surface area contributed by atoms with Gasteiger partial charge in [0.05, 0.1) is 11.8 Å². The fourth-order valence-corrected chi connectivity index (χ4v) is 6.01. The van der Waals surface area contributed by atoms with Gasteiger partial charge in [-0.25, -0.2) is 9.97 Å². The second-order valence-electron chi connectivity index (χ2n) is 10.6. The summed E-state index contributed by atoms with van der Waals surface area (Å²) in [6.45, 7) is 4.84. The molecule has 182 valence electrons. The summed E-state index contributed by atoms with van der Waals surface area (Å²) in [6.07, 6.45) is 9.26. The largest absolute Gasteiger partial charge is 0.507 e. The predicted octanol–water partition coefficient (Wildman–Crippen LogP) is 3.92. The van der Waals surface area contributed by atoms with Crippen molar-refractivity contribution >= 4 is 5.82 Å². The minimum atomic E-state index is 0.0788. The van der Waals surface area contributed by atoms with Crippen molar-refractivity contribution < 1.29 is 14.6 Å². The van der Waals surface area contributed by atoms with Crippen LogP contribution in [0.5, 0.6) is 17.4 Å². The first-order valence-electron chi connectivity index (χ1n) is 12.1. The van der Waals surface area contributed by atoms with Gasteiger partial charge in [0.25, 0.3) is 5.88 Å². The van der Waals surface area contributed by atoms with Crippen molar-refractivity contribution in [1.29, 1.82) is 0 Å². The van der Waals surface area contributed by atoms with Crippen LogP contribution in [0.3, 0.4) is 0 Å². The van der Waals surface area contributed by atoms with Crippen molar-refractivity contribution in [1.82, 2.24) is 25.5 Å². The first kappa shape index (κ1) is 22.0. The van der Waals surface area contributed by atoms with E-state index in [9.17, 15) is 5.11 Å². The molecule has 1 unspecified atom stereocenters. The maximum Gasteiger partial charge on any atom is 0.260 e. The van der Waals surface area contributed by atoms with E-state index in [0.717, 1.165) is 29.8 Å². The second kappa shape index (κ2) is 8.05. The van der Waals surface area contributed by atoms with Crippen LogP contribution in [-0.2, 0) is 0 Å². The number of fused-ring (bicyclic) bond motifs is 3. The zero-order valence-electron chi connectivity index (χ0n) is 20.3. The number of hydrogen-bond acceptors (Lipinski definition) is 9. The third-order valence-corrected chi connectivity index (χ3v) is 7.69. The first-order chi connectivity index (χ1) is 16.8. The highest BCUT2D eigenvalue weighted by molar-refractivity contribution is 5.73. The molecule has 0 radical (unpaired) electrons. The smallest absolute Gasteiger partial charge is 0.260 e. The second-order valence-corrected chi connectivity index (χ2v) is 10.6. The van der Waals surface area contributed by atoms with E-state index in [1.165, 1.54) is 19.3 Å². The van der Waals surface area contributed by atoms with Gasteiger partial charge < -0.3 is 24.8 Å². The van der Waals surface area contributed by atoms with E-state index in [1.807, 2.05) is 12.1 Å². The summed E-state index contributed by atoms with van der Waals surface area (Å²) >= 11 is 0. The molecular weight excluding hydrogens is 444 g/mol. The normalized spacial score (nSPS) is 27.0. The highest BCUT2D eigenvalue weighted by Crippen LogP contribution is 2.42. The molecule has 2 saturated heterocycles. The van der Waals surface area contributed by atoms with Gasteiger partial charge in [0.2, 0.25) is 6.79 Å². The quantitative estimate of drug-likeness (QED) is 0.582. The zero-order valence-corrected chi connectivity index (χ0v) is 20.3. The number of piperidine rings is 2. The monoisotopic (exact) mass is 474 g/mol. The molecule has 1 aromatic carbocycles. The lowest BCUT2D eigenvalue weighted by molar-refractivity contribution is 0.0784. The van der Waals surface area contributed by atoms with Crippen LogP contribution in [0.25, 0.3) is 22.5 Å². The number of hydrogen-bond donors (Lipinski definition) is 2. The van der Waals surface area contributed by atoms with Crippen LogP contribution in [0.2, 0.25) is 0 Å². The third kappa shape index (κ3) is 4.03. The van der Waals surface area contributed by atoms with Crippen LogP contribution >= 0.6 is 0 Å². The van der Waals surface area contributed by atoms with Crippen molar-refractivity contribution in [2.24, 2.45) is 0 Å². The maximum absolute atomic E-state index is 10.7. The Hall–Kier alpha value is -3.46. The number of nitrogens with zero attached hydrogens (tertiary/aromatic N) is 5. The van der Waals surface area contributed by atoms with Gasteiger partial charge in [0.1, 0.15) is 5.75 Å². The Morgan fingerprint density at radius 1 is 1.00 bits per heavy atom. The molecule has 3 aliphatic heterocycles. The van der Waals surface area contributed by atoms with Gasteiger partial charge in [0.15, 0.2) is 17.4 Å². The molecule has 3 aliphatic rings. The molecule has 3 aromatic rings. The van der Waals surface area contributed by atoms with Gasteiger partial charge in [-0.3, -0.25) is 0 Å². The van der Waals surface area contributed by atoms with Crippen LogP contribution in [-0.4, -0.2) is 56.2 Å². The topological polar surface area (TPSA) is 106 Å². The first-order valence-corrected chi connectivity index (χ1v) is 12.1. The lowest BCUT2D eigenvalue weighted by atomic mass is 9.69. The Morgan fingerprint density at radius 2 is 1.80 bits per heavy atom. The average Bonchev–Trinajstić information content (AvgIpc) is 3.30. The number of nitrogens with one attached hydrogen (secondary N) is 1. The van der Waals surface area contributed by atoms with Gasteiger partial charge in [-0.15, -0.1) is 10.2 Å². The summed E-state index contributed by atoms with van der Waals surface area (Å²) in [4.78, 5) is 11.0. The highest BCUT2D eigenvalue weighted by atomic mass is 16.7. The van der Waals surface area contributed by atoms with E-state index in [1.54, 1.807) is 24.5 Å². The third-order valence-electron chi connectivity index (χ3n) is 7.69. The number of anilines is 1. The fourth-order valence-electron chi connectivity index (χ4n) is 6.01. The molecule has 0 spiro atoms. The summed E-state index contributed by atoms with van der Waals surface area (Å²) in [5.74, 6) is 2.29. The number of aromatic nitrogens is 4. The van der Waals surface area contributed by atoms with E-state index in [4.69, 9.17) is 9.47 Å². The molecule has 35 heavy (non-hydrogen) atoms. The number of phenols is 1. The summed E-state index contributed by atoms with van der Waals surface area (Å²) in [7, 11) is 2.08. The molecule has 2 N–H and O–H groups in total. The summed E-state index contributed by atoms with van der Waals surface area (Å²) < 4.78 is 10.7. The summed E-state index contributed by atoms with van der Waals surface area (Å²) in [5.41, 5.74) is 2.47. The van der Waals surface area contributed by atoms with Gasteiger partial charge in [-0.2, -0.15) is 0 Å². The Labute approximate surface area is 204 Å². The van der Waals surface area contributed by atoms with Crippen molar-refractivity contribution in [3.63, 3.8) is 0 Å². The Balaban J connectivity index is 1.21. The molecule has 5 heterocycles. The fraction of sp³-hybridized carbons (Fsp3) is 0.462. The number of aromatic hydroxyl groups is 1. The van der Waals surface area contributed by atoms with E-state index < -0.39 is 0 Å². The standard InChI is InChI=1S/C26H30N6O3/c1-25-7-4-8-26(2,31-25)12-18(11-25)32(3)22-14-27-23(30-29-22)19-6-5-16(9-20(19)33)17-10-21-24(28-13-17)35-15-34-21/h5-6,9-10,13-14,18,31,33H,4,7-8,11-12,15H2,1-3H3/t18?,25-,26+. The van der Waals surface area contributed by atoms with Crippen LogP contribution in [0.1, 0.15) is 46.0 Å². The number of phenolic OH excluding ortho intramolecular Hbond substituents is 1. The Morgan fingerprint density at radius 3 is 2.51 bits per heavy atom. The molecule has 2 bridgehead atoms. The Kier molecular flexibility index (Phi) is 5.07. The summed E-state index contributed by atoms with van der Waals surface area (Å²) in [5, 5.41) is 23.4. The molecule has 2 fully saturated rings. The molecule has 6 rings (SSSR count). The molecule has 9 nitrogen and oxygen atoms in total. The van der Waals surface area contributed by atoms with E-state index in [2.05, 4.69) is 51.3 Å². The number of ether oxygens (including phenoxy) is 2. The molecule has 9 heteroatoms. The molecular formula is C26H30N6O3. The van der Waals surface area contributed by atoms with Gasteiger partial charge in [0, 0.05) is 35.9 Å². The average molecular weight is 475 g/mol. The number of pyridine rings is 1. The lowest BCUT2D eigenvalue weighted by Crippen LogP contribution is -2.66. The van der Waals surface area contributed by atoms with Gasteiger partial charge >= 0.3 is 0 Å². The number of benzene rings is 1. The van der Waals surface area contributed by atoms with Gasteiger partial charge in [-0.1, -0.05) is 6.07 Å². The molecule has 2 aromatic heterocycles.